The largest absolute Gasteiger partial charge is 0.352 e. The van der Waals surface area contributed by atoms with Gasteiger partial charge in [-0.2, -0.15) is 12.7 Å². The molecule has 208 valence electrons. The van der Waals surface area contributed by atoms with Crippen LogP contribution in [0.15, 0.2) is 84.9 Å². The van der Waals surface area contributed by atoms with Crippen molar-refractivity contribution in [3.8, 4) is 0 Å². The summed E-state index contributed by atoms with van der Waals surface area (Å²) in [6.45, 7) is 3.00. The van der Waals surface area contributed by atoms with Gasteiger partial charge >= 0.3 is 10.2 Å². The number of nitrogens with zero attached hydrogens (tertiary/aromatic N) is 3. The van der Waals surface area contributed by atoms with Crippen molar-refractivity contribution in [1.82, 2.24) is 14.5 Å². The molecule has 0 fully saturated rings. The fourth-order valence-electron chi connectivity index (χ4n) is 4.07. The molecule has 1 atom stereocenters. The van der Waals surface area contributed by atoms with Gasteiger partial charge < -0.3 is 10.2 Å². The molecule has 0 unspecified atom stereocenters. The van der Waals surface area contributed by atoms with E-state index in [2.05, 4.69) is 5.32 Å². The summed E-state index contributed by atoms with van der Waals surface area (Å²) in [5, 5.41) is 2.89. The molecule has 0 aromatic heterocycles. The molecule has 1 N–H and O–H groups in total. The van der Waals surface area contributed by atoms with Gasteiger partial charge in [-0.25, -0.2) is 8.70 Å². The molecule has 3 aromatic carbocycles. The number of carbonyl (C=O) groups excluding carboxylic acids is 2. The number of benzene rings is 3. The molecule has 10 heteroatoms. The molecule has 3 rings (SSSR count). The summed E-state index contributed by atoms with van der Waals surface area (Å²) in [5.41, 5.74) is 1.33. The van der Waals surface area contributed by atoms with Crippen molar-refractivity contribution in [1.29, 1.82) is 0 Å². The van der Waals surface area contributed by atoms with Gasteiger partial charge in [-0.05, 0) is 37.1 Å². The van der Waals surface area contributed by atoms with E-state index in [1.165, 1.54) is 37.2 Å². The van der Waals surface area contributed by atoms with Gasteiger partial charge in [-0.15, -0.1) is 0 Å². The van der Waals surface area contributed by atoms with Gasteiger partial charge in [0.1, 0.15) is 18.4 Å². The van der Waals surface area contributed by atoms with Crippen molar-refractivity contribution in [2.45, 2.75) is 38.9 Å². The van der Waals surface area contributed by atoms with E-state index < -0.39 is 34.5 Å². The normalized spacial score (nSPS) is 12.3. The molecule has 0 heterocycles. The second-order valence-electron chi connectivity index (χ2n) is 9.62. The Morgan fingerprint density at radius 2 is 1.38 bits per heavy atom. The molecule has 8 nitrogen and oxygen atoms in total. The SMILES string of the molecule is CC(C)NC(=O)[C@H](Cc1ccccc1)N(Cc1ccccc1)C(=O)CN(c1ccccc1F)S(=O)(=O)N(C)C. The maximum absolute atomic E-state index is 14.8. The first-order valence-corrected chi connectivity index (χ1v) is 14.0. The van der Waals surface area contributed by atoms with Gasteiger partial charge in [-0.3, -0.25) is 9.59 Å². The summed E-state index contributed by atoms with van der Waals surface area (Å²) < 4.78 is 43.0. The Kier molecular flexibility index (Phi) is 10.2. The van der Waals surface area contributed by atoms with Gasteiger partial charge in [0, 0.05) is 33.1 Å². The van der Waals surface area contributed by atoms with Gasteiger partial charge in [0.2, 0.25) is 11.8 Å². The Hall–Kier alpha value is -3.76. The van der Waals surface area contributed by atoms with E-state index in [9.17, 15) is 22.4 Å². The molecule has 0 saturated carbocycles. The quantitative estimate of drug-likeness (QED) is 0.371. The van der Waals surface area contributed by atoms with Crippen LogP contribution in [-0.4, -0.2) is 62.2 Å². The van der Waals surface area contributed by atoms with Gasteiger partial charge in [0.15, 0.2) is 0 Å². The minimum atomic E-state index is -4.26. The highest BCUT2D eigenvalue weighted by molar-refractivity contribution is 7.90. The summed E-state index contributed by atoms with van der Waals surface area (Å²) >= 11 is 0. The van der Waals surface area contributed by atoms with Gasteiger partial charge in [-0.1, -0.05) is 72.8 Å². The lowest BCUT2D eigenvalue weighted by atomic mass is 10.0. The Bertz CT molecular complexity index is 1350. The highest BCUT2D eigenvalue weighted by Crippen LogP contribution is 2.24. The minimum Gasteiger partial charge on any atom is -0.352 e. The van der Waals surface area contributed by atoms with Crippen molar-refractivity contribution in [3.63, 3.8) is 0 Å². The Balaban J connectivity index is 2.08. The number of anilines is 1. The molecular weight excluding hydrogens is 519 g/mol. The number of rotatable bonds is 12. The Labute approximate surface area is 230 Å². The summed E-state index contributed by atoms with van der Waals surface area (Å²) in [4.78, 5) is 28.9. The van der Waals surface area contributed by atoms with Crippen LogP contribution < -0.4 is 9.62 Å². The first-order valence-electron chi connectivity index (χ1n) is 12.6. The van der Waals surface area contributed by atoms with Crippen LogP contribution >= 0.6 is 0 Å². The molecule has 0 spiro atoms. The maximum atomic E-state index is 14.8. The maximum Gasteiger partial charge on any atom is 0.304 e. The molecule has 0 saturated heterocycles. The summed E-state index contributed by atoms with van der Waals surface area (Å²) in [6.07, 6.45) is 0.206. The molecule has 0 aliphatic carbocycles. The van der Waals surface area contributed by atoms with Crippen molar-refractivity contribution in [2.24, 2.45) is 0 Å². The summed E-state index contributed by atoms with van der Waals surface area (Å²) in [6, 6.07) is 22.6. The fourth-order valence-corrected chi connectivity index (χ4v) is 5.14. The van der Waals surface area contributed by atoms with Crippen molar-refractivity contribution in [3.05, 3.63) is 102 Å². The predicted molar refractivity (Wildman–Crippen MR) is 151 cm³/mol. The van der Waals surface area contributed by atoms with Gasteiger partial charge in [0.25, 0.3) is 0 Å². The second kappa shape index (κ2) is 13.3. The van der Waals surface area contributed by atoms with E-state index in [1.807, 2.05) is 74.5 Å². The average Bonchev–Trinajstić information content (AvgIpc) is 2.90. The minimum absolute atomic E-state index is 0.0514. The van der Waals surface area contributed by atoms with Crippen molar-refractivity contribution < 1.29 is 22.4 Å². The van der Waals surface area contributed by atoms with Crippen molar-refractivity contribution >= 4 is 27.7 Å². The standard InChI is InChI=1S/C29H35FN4O4S/c1-22(2)31-29(36)27(19-23-13-7-5-8-14-23)33(20-24-15-9-6-10-16-24)28(35)21-34(39(37,38)32(3)4)26-18-12-11-17-25(26)30/h5-18,22,27H,19-21H2,1-4H3,(H,31,36)/t27-/m0/s1. The van der Waals surface area contributed by atoms with E-state index in [-0.39, 0.29) is 30.6 Å². The molecule has 2 amide bonds. The third-order valence-corrected chi connectivity index (χ3v) is 7.84. The molecule has 39 heavy (non-hydrogen) atoms. The third-order valence-electron chi connectivity index (χ3n) is 6.04. The number of halogens is 1. The molecule has 0 radical (unpaired) electrons. The number of hydrogen-bond donors (Lipinski definition) is 1. The van der Waals surface area contributed by atoms with Crippen molar-refractivity contribution in [2.75, 3.05) is 24.9 Å². The smallest absolute Gasteiger partial charge is 0.304 e. The first-order chi connectivity index (χ1) is 18.5. The van der Waals surface area contributed by atoms with Gasteiger partial charge in [0.05, 0.1) is 5.69 Å². The number of amides is 2. The van der Waals surface area contributed by atoms with Crippen LogP contribution in [0, 0.1) is 5.82 Å². The Morgan fingerprint density at radius 3 is 1.92 bits per heavy atom. The van der Waals surface area contributed by atoms with Crippen LogP contribution in [0.5, 0.6) is 0 Å². The number of hydrogen-bond acceptors (Lipinski definition) is 4. The monoisotopic (exact) mass is 554 g/mol. The van der Waals surface area contributed by atoms with Crippen LogP contribution in [0.25, 0.3) is 0 Å². The summed E-state index contributed by atoms with van der Waals surface area (Å²) in [7, 11) is -1.64. The topological polar surface area (TPSA) is 90.0 Å². The molecular formula is C29H35FN4O4S. The van der Waals surface area contributed by atoms with Crippen LogP contribution in [0.1, 0.15) is 25.0 Å². The van der Waals surface area contributed by atoms with Crippen LogP contribution in [-0.2, 0) is 32.8 Å². The average molecular weight is 555 g/mol. The third kappa shape index (κ3) is 7.87. The van der Waals surface area contributed by atoms with E-state index >= 15 is 0 Å². The molecule has 0 bridgehead atoms. The van der Waals surface area contributed by atoms with E-state index in [1.54, 1.807) is 0 Å². The highest BCUT2D eigenvalue weighted by Gasteiger charge is 2.35. The Morgan fingerprint density at radius 1 is 0.846 bits per heavy atom. The fraction of sp³-hybridized carbons (Fsp3) is 0.310. The lowest BCUT2D eigenvalue weighted by molar-refractivity contribution is -0.140. The van der Waals surface area contributed by atoms with Crippen LogP contribution in [0.3, 0.4) is 0 Å². The molecule has 0 aliphatic rings. The second-order valence-corrected chi connectivity index (χ2v) is 11.7. The lowest BCUT2D eigenvalue weighted by Gasteiger charge is -2.34. The van der Waals surface area contributed by atoms with Crippen LogP contribution in [0.4, 0.5) is 10.1 Å². The summed E-state index contributed by atoms with van der Waals surface area (Å²) in [5.74, 6) is -1.80. The first kappa shape index (κ1) is 29.8. The predicted octanol–water partition coefficient (Wildman–Crippen LogP) is 3.60. The van der Waals surface area contributed by atoms with Crippen LogP contribution in [0.2, 0.25) is 0 Å². The molecule has 3 aromatic rings. The zero-order valence-corrected chi connectivity index (χ0v) is 23.4. The van der Waals surface area contributed by atoms with E-state index in [0.717, 1.165) is 25.8 Å². The zero-order valence-electron chi connectivity index (χ0n) is 22.6. The van der Waals surface area contributed by atoms with E-state index in [0.29, 0.717) is 0 Å². The number of para-hydroxylation sites is 1. The number of carbonyl (C=O) groups is 2. The zero-order chi connectivity index (χ0) is 28.6. The van der Waals surface area contributed by atoms with E-state index in [4.69, 9.17) is 0 Å². The molecule has 0 aliphatic heterocycles. The number of nitrogens with one attached hydrogen (secondary N) is 1. The highest BCUT2D eigenvalue weighted by atomic mass is 32.2. The lowest BCUT2D eigenvalue weighted by Crippen LogP contribution is -2.55.